The van der Waals surface area contributed by atoms with E-state index in [4.69, 9.17) is 4.42 Å². The van der Waals surface area contributed by atoms with Crippen molar-refractivity contribution in [3.05, 3.63) is 54.2 Å². The van der Waals surface area contributed by atoms with Crippen LogP contribution in [0.2, 0.25) is 0 Å². The molecule has 0 bridgehead atoms. The summed E-state index contributed by atoms with van der Waals surface area (Å²) in [5.74, 6) is 1.61. The zero-order chi connectivity index (χ0) is 20.6. The fourth-order valence-electron chi connectivity index (χ4n) is 3.26. The van der Waals surface area contributed by atoms with E-state index in [1.165, 1.54) is 0 Å². The Morgan fingerprint density at radius 2 is 1.90 bits per heavy atom. The highest BCUT2D eigenvalue weighted by Crippen LogP contribution is 2.27. The fraction of sp³-hybridized carbons (Fsp3) is 0.318. The number of rotatable bonds is 4. The molecule has 7 nitrogen and oxygen atoms in total. The highest BCUT2D eigenvalue weighted by atomic mass is 16.3. The molecule has 0 aliphatic rings. The molecule has 0 spiro atoms. The van der Waals surface area contributed by atoms with Crippen molar-refractivity contribution in [3.63, 3.8) is 0 Å². The lowest BCUT2D eigenvalue weighted by molar-refractivity contribution is 0.251. The molecule has 0 radical (unpaired) electrons. The molecule has 0 atom stereocenters. The van der Waals surface area contributed by atoms with Crippen LogP contribution >= 0.6 is 0 Å². The Bertz CT molecular complexity index is 1180. The minimum absolute atomic E-state index is 0.167. The molecule has 0 aliphatic heterocycles. The van der Waals surface area contributed by atoms with E-state index < -0.39 is 0 Å². The molecule has 0 saturated heterocycles. The zero-order valence-corrected chi connectivity index (χ0v) is 17.1. The number of carbonyl (C=O) groups excluding carboxylic acids is 1. The molecule has 0 fully saturated rings. The molecule has 2 N–H and O–H groups in total. The van der Waals surface area contributed by atoms with E-state index >= 15 is 0 Å². The number of carbonyl (C=O) groups is 1. The first-order valence-electron chi connectivity index (χ1n) is 9.69. The molecule has 2 aromatic heterocycles. The molecule has 0 saturated carbocycles. The number of imidazole rings is 1. The number of aryl methyl sites for hydroxylation is 1. The van der Waals surface area contributed by atoms with Gasteiger partial charge in [0.1, 0.15) is 11.3 Å². The van der Waals surface area contributed by atoms with Crippen LogP contribution in [0.3, 0.4) is 0 Å². The minimum atomic E-state index is -0.258. The zero-order valence-electron chi connectivity index (χ0n) is 17.1. The van der Waals surface area contributed by atoms with E-state index in [1.807, 2.05) is 49.4 Å². The van der Waals surface area contributed by atoms with Crippen LogP contribution < -0.4 is 10.6 Å². The molecule has 2 heterocycles. The number of aromatic nitrogens is 3. The Morgan fingerprint density at radius 1 is 1.10 bits per heavy atom. The third kappa shape index (κ3) is 3.94. The summed E-state index contributed by atoms with van der Waals surface area (Å²) in [6.07, 6.45) is 0. The lowest BCUT2D eigenvalue weighted by atomic mass is 9.97. The number of urea groups is 1. The van der Waals surface area contributed by atoms with Crippen molar-refractivity contribution in [2.24, 2.45) is 0 Å². The van der Waals surface area contributed by atoms with E-state index in [0.717, 1.165) is 22.4 Å². The predicted octanol–water partition coefficient (Wildman–Crippen LogP) is 4.61. The van der Waals surface area contributed by atoms with E-state index in [2.05, 4.69) is 45.9 Å². The Morgan fingerprint density at radius 3 is 2.69 bits per heavy atom. The van der Waals surface area contributed by atoms with Gasteiger partial charge in [0.05, 0.1) is 11.0 Å². The van der Waals surface area contributed by atoms with Crippen molar-refractivity contribution in [3.8, 4) is 0 Å². The summed E-state index contributed by atoms with van der Waals surface area (Å²) in [5, 5.41) is 5.75. The highest BCUT2D eigenvalue weighted by molar-refractivity contribution is 5.91. The number of nitrogens with one attached hydrogen (secondary N) is 2. The third-order valence-electron chi connectivity index (χ3n) is 4.75. The van der Waals surface area contributed by atoms with Crippen molar-refractivity contribution in [2.45, 2.75) is 39.7 Å². The van der Waals surface area contributed by atoms with Crippen LogP contribution in [0.4, 0.5) is 10.5 Å². The predicted molar refractivity (Wildman–Crippen MR) is 114 cm³/mol. The van der Waals surface area contributed by atoms with Crippen molar-refractivity contribution >= 4 is 33.9 Å². The summed E-state index contributed by atoms with van der Waals surface area (Å²) in [6.45, 7) is 9.27. The standard InChI is InChI=1S/C22H25N5O2/c1-14-24-16-7-5-6-8-18(16)27(14)12-11-23-21(28)25-15-9-10-19-17(13-15)26-20(29-19)22(2,3)4/h5-10,13H,11-12H2,1-4H3,(H2,23,25,28). The number of hydrogen-bond donors (Lipinski definition) is 2. The molecule has 150 valence electrons. The van der Waals surface area contributed by atoms with Crippen molar-refractivity contribution in [1.29, 1.82) is 0 Å². The van der Waals surface area contributed by atoms with Crippen molar-refractivity contribution in [1.82, 2.24) is 19.9 Å². The lowest BCUT2D eigenvalue weighted by Crippen LogP contribution is -2.31. The average Bonchev–Trinajstić information content (AvgIpc) is 3.22. The molecule has 0 aliphatic carbocycles. The Labute approximate surface area is 169 Å². The number of hydrogen-bond acceptors (Lipinski definition) is 4. The minimum Gasteiger partial charge on any atom is -0.440 e. The van der Waals surface area contributed by atoms with Gasteiger partial charge in [0, 0.05) is 24.2 Å². The summed E-state index contributed by atoms with van der Waals surface area (Å²) >= 11 is 0. The van der Waals surface area contributed by atoms with Gasteiger partial charge in [-0.05, 0) is 37.3 Å². The first-order valence-corrected chi connectivity index (χ1v) is 9.69. The van der Waals surface area contributed by atoms with Crippen LogP contribution in [0.5, 0.6) is 0 Å². The number of oxazole rings is 1. The first kappa shape index (κ1) is 19.0. The smallest absolute Gasteiger partial charge is 0.319 e. The van der Waals surface area contributed by atoms with Crippen LogP contribution in [0.15, 0.2) is 46.9 Å². The Balaban J connectivity index is 1.39. The SMILES string of the molecule is Cc1nc2ccccc2n1CCNC(=O)Nc1ccc2oc(C(C)(C)C)nc2c1. The van der Waals surface area contributed by atoms with Crippen LogP contribution in [0.25, 0.3) is 22.1 Å². The van der Waals surface area contributed by atoms with Crippen LogP contribution in [-0.2, 0) is 12.0 Å². The summed E-state index contributed by atoms with van der Waals surface area (Å²) in [4.78, 5) is 21.4. The average molecular weight is 391 g/mol. The first-order chi connectivity index (χ1) is 13.8. The maximum atomic E-state index is 12.3. The van der Waals surface area contributed by atoms with Crippen LogP contribution in [0.1, 0.15) is 32.5 Å². The highest BCUT2D eigenvalue weighted by Gasteiger charge is 2.21. The number of fused-ring (bicyclic) bond motifs is 2. The summed E-state index contributed by atoms with van der Waals surface area (Å²) in [7, 11) is 0. The van der Waals surface area contributed by atoms with E-state index in [1.54, 1.807) is 0 Å². The maximum Gasteiger partial charge on any atom is 0.319 e. The Kier molecular flexibility index (Phi) is 4.74. The molecule has 0 unspecified atom stereocenters. The van der Waals surface area contributed by atoms with E-state index in [9.17, 15) is 4.79 Å². The maximum absolute atomic E-state index is 12.3. The second-order valence-electron chi connectivity index (χ2n) is 8.13. The van der Waals surface area contributed by atoms with Gasteiger partial charge in [-0.15, -0.1) is 0 Å². The second kappa shape index (κ2) is 7.24. The van der Waals surface area contributed by atoms with Gasteiger partial charge < -0.3 is 19.6 Å². The van der Waals surface area contributed by atoms with Gasteiger partial charge in [0.15, 0.2) is 5.58 Å². The van der Waals surface area contributed by atoms with Gasteiger partial charge >= 0.3 is 6.03 Å². The third-order valence-corrected chi connectivity index (χ3v) is 4.75. The number of anilines is 1. The quantitative estimate of drug-likeness (QED) is 0.532. The monoisotopic (exact) mass is 391 g/mol. The molecule has 2 amide bonds. The van der Waals surface area contributed by atoms with Gasteiger partial charge in [-0.25, -0.2) is 14.8 Å². The van der Waals surface area contributed by atoms with E-state index in [0.29, 0.717) is 30.3 Å². The van der Waals surface area contributed by atoms with Crippen LogP contribution in [-0.4, -0.2) is 27.1 Å². The van der Waals surface area contributed by atoms with Gasteiger partial charge in [-0.1, -0.05) is 32.9 Å². The topological polar surface area (TPSA) is 85.0 Å². The fourth-order valence-corrected chi connectivity index (χ4v) is 3.26. The number of benzene rings is 2. The molecule has 4 rings (SSSR count). The number of amides is 2. The molecule has 7 heteroatoms. The summed E-state index contributed by atoms with van der Waals surface area (Å²) in [6, 6.07) is 13.2. The number of nitrogens with zero attached hydrogens (tertiary/aromatic N) is 3. The Hall–Kier alpha value is -3.35. The largest absolute Gasteiger partial charge is 0.440 e. The van der Waals surface area contributed by atoms with Gasteiger partial charge in [0.2, 0.25) is 5.89 Å². The summed E-state index contributed by atoms with van der Waals surface area (Å²) < 4.78 is 7.90. The van der Waals surface area contributed by atoms with Crippen molar-refractivity contribution in [2.75, 3.05) is 11.9 Å². The van der Waals surface area contributed by atoms with Gasteiger partial charge in [0.25, 0.3) is 0 Å². The van der Waals surface area contributed by atoms with Gasteiger partial charge in [-0.3, -0.25) is 0 Å². The van der Waals surface area contributed by atoms with Crippen molar-refractivity contribution < 1.29 is 9.21 Å². The summed E-state index contributed by atoms with van der Waals surface area (Å²) in [5.41, 5.74) is 3.98. The molecular weight excluding hydrogens is 366 g/mol. The van der Waals surface area contributed by atoms with E-state index in [-0.39, 0.29) is 11.4 Å². The lowest BCUT2D eigenvalue weighted by Gasteiger charge is -2.11. The van der Waals surface area contributed by atoms with Crippen LogP contribution in [0, 0.1) is 6.92 Å². The molecule has 4 aromatic rings. The molecule has 29 heavy (non-hydrogen) atoms. The van der Waals surface area contributed by atoms with Gasteiger partial charge in [-0.2, -0.15) is 0 Å². The molecular formula is C22H25N5O2. The molecule has 2 aromatic carbocycles. The normalized spacial score (nSPS) is 11.9. The second-order valence-corrected chi connectivity index (χ2v) is 8.13. The number of para-hydroxylation sites is 2.